The zero-order chi connectivity index (χ0) is 24.1. The molecule has 1 aliphatic carbocycles. The monoisotopic (exact) mass is 467 g/mol. The Morgan fingerprint density at radius 3 is 2.44 bits per heavy atom. The van der Waals surface area contributed by atoms with Crippen molar-refractivity contribution >= 4 is 17.7 Å². The van der Waals surface area contributed by atoms with E-state index in [0.29, 0.717) is 55.8 Å². The molecule has 2 aromatic rings. The van der Waals surface area contributed by atoms with Gasteiger partial charge in [-0.3, -0.25) is 14.4 Å². The molecule has 9 heteroatoms. The van der Waals surface area contributed by atoms with Crippen LogP contribution in [0.2, 0.25) is 0 Å². The number of amides is 3. The number of phenols is 1. The number of likely N-dealkylation sites (tertiary alicyclic amines) is 1. The number of carbonyl (C=O) groups is 3. The summed E-state index contributed by atoms with van der Waals surface area (Å²) in [4.78, 5) is 38.3. The number of nitrogens with one attached hydrogen (secondary N) is 1. The predicted molar refractivity (Wildman–Crippen MR) is 123 cm³/mol. The molecule has 3 amide bonds. The molecule has 0 spiro atoms. The minimum absolute atomic E-state index is 0.0138. The van der Waals surface area contributed by atoms with Gasteiger partial charge in [-0.15, -0.1) is 0 Å². The Kier molecular flexibility index (Phi) is 6.90. The number of nitrogens with two attached hydrogens (primary N) is 1. The number of benzene rings is 2. The van der Waals surface area contributed by atoms with Crippen molar-refractivity contribution in [3.63, 3.8) is 0 Å². The Labute approximate surface area is 197 Å². The molecule has 34 heavy (non-hydrogen) atoms. The van der Waals surface area contributed by atoms with E-state index in [1.165, 1.54) is 0 Å². The predicted octanol–water partition coefficient (Wildman–Crippen LogP) is 1.84. The number of hydrogen-bond acceptors (Lipinski definition) is 6. The van der Waals surface area contributed by atoms with Gasteiger partial charge in [0, 0.05) is 37.6 Å². The van der Waals surface area contributed by atoms with Crippen LogP contribution in [0.15, 0.2) is 48.5 Å². The molecule has 0 radical (unpaired) electrons. The average Bonchev–Trinajstić information content (AvgIpc) is 3.65. The van der Waals surface area contributed by atoms with Crippen molar-refractivity contribution in [1.82, 2.24) is 10.2 Å². The largest absolute Gasteiger partial charge is 0.508 e. The molecule has 0 unspecified atom stereocenters. The van der Waals surface area contributed by atoms with Crippen LogP contribution < -0.4 is 20.5 Å². The number of hydrogen-bond donors (Lipinski definition) is 3. The molecule has 180 valence electrons. The molecule has 4 rings (SSSR count). The van der Waals surface area contributed by atoms with Crippen molar-refractivity contribution in [2.24, 2.45) is 11.1 Å². The molecule has 1 saturated heterocycles. The molecule has 2 aromatic carbocycles. The number of primary amides is 1. The van der Waals surface area contributed by atoms with Crippen LogP contribution in [0, 0.1) is 5.41 Å². The van der Waals surface area contributed by atoms with E-state index in [-0.39, 0.29) is 36.8 Å². The van der Waals surface area contributed by atoms with Crippen LogP contribution in [-0.2, 0) is 9.59 Å². The average molecular weight is 468 g/mol. The second-order valence-corrected chi connectivity index (χ2v) is 8.69. The maximum atomic E-state index is 13.0. The maximum absolute atomic E-state index is 13.0. The summed E-state index contributed by atoms with van der Waals surface area (Å²) in [5.41, 5.74) is 4.78. The van der Waals surface area contributed by atoms with Gasteiger partial charge in [-0.1, -0.05) is 12.1 Å². The lowest BCUT2D eigenvalue weighted by atomic mass is 10.1. The van der Waals surface area contributed by atoms with Gasteiger partial charge in [-0.25, -0.2) is 0 Å². The van der Waals surface area contributed by atoms with Crippen LogP contribution in [-0.4, -0.2) is 60.1 Å². The van der Waals surface area contributed by atoms with Gasteiger partial charge < -0.3 is 30.5 Å². The smallest absolute Gasteiger partial charge is 0.253 e. The molecule has 2 fully saturated rings. The van der Waals surface area contributed by atoms with Gasteiger partial charge >= 0.3 is 0 Å². The van der Waals surface area contributed by atoms with E-state index in [9.17, 15) is 19.5 Å². The highest BCUT2D eigenvalue weighted by Crippen LogP contribution is 2.45. The fourth-order valence-corrected chi connectivity index (χ4v) is 4.04. The SMILES string of the molecule is NC(=O)C1(C(=O)NCCOc2cccc(C(=O)N3CCC(Oc4cccc(O)c4)CC3)c2)CC1. The first-order valence-corrected chi connectivity index (χ1v) is 11.4. The second kappa shape index (κ2) is 10.0. The highest BCUT2D eigenvalue weighted by molar-refractivity contribution is 6.07. The van der Waals surface area contributed by atoms with Crippen molar-refractivity contribution in [2.45, 2.75) is 31.8 Å². The van der Waals surface area contributed by atoms with E-state index in [1.54, 1.807) is 53.4 Å². The molecule has 0 atom stereocenters. The number of rotatable bonds is 9. The molecule has 9 nitrogen and oxygen atoms in total. The maximum Gasteiger partial charge on any atom is 0.253 e. The molecule has 1 saturated carbocycles. The van der Waals surface area contributed by atoms with Gasteiger partial charge in [-0.2, -0.15) is 0 Å². The first kappa shape index (κ1) is 23.4. The van der Waals surface area contributed by atoms with E-state index in [4.69, 9.17) is 15.2 Å². The molecule has 0 aromatic heterocycles. The Bertz CT molecular complexity index is 1060. The van der Waals surface area contributed by atoms with E-state index in [2.05, 4.69) is 5.32 Å². The van der Waals surface area contributed by atoms with Crippen LogP contribution in [0.3, 0.4) is 0 Å². The normalized spacial score (nSPS) is 17.0. The van der Waals surface area contributed by atoms with Crippen molar-refractivity contribution in [1.29, 1.82) is 0 Å². The summed E-state index contributed by atoms with van der Waals surface area (Å²) in [5, 5.41) is 12.3. The third kappa shape index (κ3) is 5.41. The first-order chi connectivity index (χ1) is 16.4. The summed E-state index contributed by atoms with van der Waals surface area (Å²) in [6.45, 7) is 1.58. The lowest BCUT2D eigenvalue weighted by Crippen LogP contribution is -2.42. The number of aromatic hydroxyl groups is 1. The van der Waals surface area contributed by atoms with Gasteiger partial charge in [0.2, 0.25) is 11.8 Å². The number of ether oxygens (including phenoxy) is 2. The first-order valence-electron chi connectivity index (χ1n) is 11.4. The van der Waals surface area contributed by atoms with E-state index in [1.807, 2.05) is 0 Å². The standard InChI is InChI=1S/C25H29N3O6/c26-23(31)25(9-10-25)24(32)27-11-14-33-20-5-1-3-17(15-20)22(30)28-12-7-19(8-13-28)34-21-6-2-4-18(29)16-21/h1-6,15-16,19,29H,7-14H2,(H2,26,31)(H,27,32). The lowest BCUT2D eigenvalue weighted by molar-refractivity contribution is -0.135. The fraction of sp³-hybridized carbons (Fsp3) is 0.400. The van der Waals surface area contributed by atoms with Crippen molar-refractivity contribution in [3.05, 3.63) is 54.1 Å². The third-order valence-corrected chi connectivity index (χ3v) is 6.24. The Hall–Kier alpha value is -3.75. The van der Waals surface area contributed by atoms with Gasteiger partial charge in [0.05, 0.1) is 6.54 Å². The number of piperidine rings is 1. The zero-order valence-electron chi connectivity index (χ0n) is 18.9. The van der Waals surface area contributed by atoms with Gasteiger partial charge in [-0.05, 0) is 43.2 Å². The summed E-state index contributed by atoms with van der Waals surface area (Å²) in [6.07, 6.45) is 2.35. The number of carbonyl (C=O) groups excluding carboxylic acids is 3. The summed E-state index contributed by atoms with van der Waals surface area (Å²) in [5.74, 6) is 0.279. The minimum Gasteiger partial charge on any atom is -0.508 e. The Balaban J connectivity index is 1.23. The summed E-state index contributed by atoms with van der Waals surface area (Å²) in [7, 11) is 0. The Morgan fingerprint density at radius 1 is 1.06 bits per heavy atom. The van der Waals surface area contributed by atoms with E-state index in [0.717, 1.165) is 0 Å². The van der Waals surface area contributed by atoms with Gasteiger partial charge in [0.1, 0.15) is 35.4 Å². The highest BCUT2D eigenvalue weighted by atomic mass is 16.5. The molecule has 4 N–H and O–H groups in total. The van der Waals surface area contributed by atoms with Crippen molar-refractivity contribution in [3.8, 4) is 17.2 Å². The molecule has 2 aliphatic rings. The highest BCUT2D eigenvalue weighted by Gasteiger charge is 2.55. The Morgan fingerprint density at radius 2 is 1.76 bits per heavy atom. The molecular weight excluding hydrogens is 438 g/mol. The second-order valence-electron chi connectivity index (χ2n) is 8.69. The molecule has 1 aliphatic heterocycles. The fourth-order valence-electron chi connectivity index (χ4n) is 4.04. The molecular formula is C25H29N3O6. The van der Waals surface area contributed by atoms with Crippen LogP contribution in [0.4, 0.5) is 0 Å². The van der Waals surface area contributed by atoms with Gasteiger partial charge in [0.25, 0.3) is 5.91 Å². The van der Waals surface area contributed by atoms with Crippen LogP contribution >= 0.6 is 0 Å². The molecule has 1 heterocycles. The van der Waals surface area contributed by atoms with Crippen molar-refractivity contribution in [2.75, 3.05) is 26.2 Å². The number of nitrogens with zero attached hydrogens (tertiary/aromatic N) is 1. The topological polar surface area (TPSA) is 131 Å². The minimum atomic E-state index is -1.05. The molecule has 0 bridgehead atoms. The van der Waals surface area contributed by atoms with Crippen LogP contribution in [0.5, 0.6) is 17.2 Å². The summed E-state index contributed by atoms with van der Waals surface area (Å²) in [6, 6.07) is 13.6. The lowest BCUT2D eigenvalue weighted by Gasteiger charge is -2.32. The van der Waals surface area contributed by atoms with Crippen LogP contribution in [0.25, 0.3) is 0 Å². The van der Waals surface area contributed by atoms with E-state index < -0.39 is 11.3 Å². The van der Waals surface area contributed by atoms with Crippen LogP contribution in [0.1, 0.15) is 36.0 Å². The third-order valence-electron chi connectivity index (χ3n) is 6.24. The quantitative estimate of drug-likeness (QED) is 0.381. The van der Waals surface area contributed by atoms with Gasteiger partial charge in [0.15, 0.2) is 0 Å². The summed E-state index contributed by atoms with van der Waals surface area (Å²) < 4.78 is 11.6. The zero-order valence-corrected chi connectivity index (χ0v) is 18.9. The number of phenolic OH excluding ortho intramolecular Hbond substituents is 1. The van der Waals surface area contributed by atoms with E-state index >= 15 is 0 Å². The summed E-state index contributed by atoms with van der Waals surface area (Å²) >= 11 is 0. The van der Waals surface area contributed by atoms with Crippen molar-refractivity contribution < 1.29 is 29.0 Å².